The summed E-state index contributed by atoms with van der Waals surface area (Å²) in [5.74, 6) is 1.34. The number of hydrogen-bond donors (Lipinski definition) is 2. The van der Waals surface area contributed by atoms with Gasteiger partial charge < -0.3 is 14.8 Å². The van der Waals surface area contributed by atoms with Crippen LogP contribution in [0.15, 0.2) is 95.6 Å². The van der Waals surface area contributed by atoms with Crippen molar-refractivity contribution >= 4 is 17.3 Å². The van der Waals surface area contributed by atoms with Gasteiger partial charge in [-0.1, -0.05) is 54.6 Å². The highest BCUT2D eigenvalue weighted by atomic mass is 16.5. The van der Waals surface area contributed by atoms with Crippen LogP contribution >= 0.6 is 0 Å². The number of nitrogens with one attached hydrogen (secondary N) is 2. The summed E-state index contributed by atoms with van der Waals surface area (Å²) in [4.78, 5) is 17.6. The average Bonchev–Trinajstić information content (AvgIpc) is 2.88. The molecule has 35 heavy (non-hydrogen) atoms. The van der Waals surface area contributed by atoms with Crippen molar-refractivity contribution in [3.05, 3.63) is 107 Å². The molecular weight excluding hydrogens is 438 g/mol. The predicted octanol–water partition coefficient (Wildman–Crippen LogP) is 5.67. The molecule has 3 rings (SSSR count). The predicted molar refractivity (Wildman–Crippen MR) is 141 cm³/mol. The van der Waals surface area contributed by atoms with Gasteiger partial charge in [-0.05, 0) is 38.1 Å². The van der Waals surface area contributed by atoms with Crippen molar-refractivity contribution in [3.8, 4) is 11.5 Å². The molecule has 0 amide bonds. The Hall–Kier alpha value is -4.19. The molecule has 0 bridgehead atoms. The zero-order valence-corrected chi connectivity index (χ0v) is 20.5. The van der Waals surface area contributed by atoms with Gasteiger partial charge >= 0.3 is 0 Å². The molecule has 6 heteroatoms. The highest BCUT2D eigenvalue weighted by Crippen LogP contribution is 2.19. The van der Waals surface area contributed by atoms with Crippen LogP contribution in [0.3, 0.4) is 0 Å². The zero-order chi connectivity index (χ0) is 25.2. The third-order valence-electron chi connectivity index (χ3n) is 5.19. The minimum atomic E-state index is -0.0957. The van der Waals surface area contributed by atoms with Crippen molar-refractivity contribution in [3.63, 3.8) is 0 Å². The van der Waals surface area contributed by atoms with E-state index in [-0.39, 0.29) is 17.7 Å². The van der Waals surface area contributed by atoms with E-state index in [1.807, 2.05) is 74.5 Å². The maximum atomic E-state index is 12.9. The first kappa shape index (κ1) is 25.4. The maximum absolute atomic E-state index is 12.9. The monoisotopic (exact) mass is 469 g/mol. The lowest BCUT2D eigenvalue weighted by Crippen LogP contribution is -2.25. The molecule has 0 spiro atoms. The van der Waals surface area contributed by atoms with Gasteiger partial charge in [0.2, 0.25) is 0 Å². The first-order valence-corrected chi connectivity index (χ1v) is 11.4. The Morgan fingerprint density at radius 3 is 2.06 bits per heavy atom. The van der Waals surface area contributed by atoms with Crippen LogP contribution in [0.1, 0.15) is 41.8 Å². The van der Waals surface area contributed by atoms with E-state index in [2.05, 4.69) is 5.32 Å². The maximum Gasteiger partial charge on any atom is 0.187 e. The summed E-state index contributed by atoms with van der Waals surface area (Å²) >= 11 is 0. The van der Waals surface area contributed by atoms with Gasteiger partial charge in [0.1, 0.15) is 11.5 Å². The van der Waals surface area contributed by atoms with Gasteiger partial charge in [0, 0.05) is 40.9 Å². The summed E-state index contributed by atoms with van der Waals surface area (Å²) in [7, 11) is 3.20. The Balaban J connectivity index is 2.03. The molecule has 2 N–H and O–H groups in total. The molecule has 0 radical (unpaired) electrons. The van der Waals surface area contributed by atoms with E-state index < -0.39 is 0 Å². The SMILES string of the molecule is COc1cccc(C(=N)N=C(C/C(=C/C(=O)c2ccccc2)NC(C)C)c2cccc(OC)c2)c1. The topological polar surface area (TPSA) is 83.8 Å². The van der Waals surface area contributed by atoms with E-state index in [1.54, 1.807) is 38.5 Å². The van der Waals surface area contributed by atoms with E-state index in [1.165, 1.54) is 0 Å². The Labute approximate surface area is 206 Å². The number of aliphatic imine (C=N–C) groups is 1. The number of carbonyl (C=O) groups is 1. The minimum Gasteiger partial charge on any atom is -0.497 e. The fourth-order valence-corrected chi connectivity index (χ4v) is 3.52. The summed E-state index contributed by atoms with van der Waals surface area (Å²) in [6, 6.07) is 24.0. The molecule has 3 aromatic rings. The normalized spacial score (nSPS) is 11.8. The molecule has 0 saturated heterocycles. The lowest BCUT2D eigenvalue weighted by molar-refractivity contribution is 0.104. The molecule has 0 heterocycles. The molecule has 6 nitrogen and oxygen atoms in total. The van der Waals surface area contributed by atoms with Gasteiger partial charge in [-0.3, -0.25) is 10.2 Å². The molecule has 0 aliphatic carbocycles. The third-order valence-corrected chi connectivity index (χ3v) is 5.19. The Morgan fingerprint density at radius 2 is 1.46 bits per heavy atom. The second-order valence-corrected chi connectivity index (χ2v) is 8.25. The van der Waals surface area contributed by atoms with Crippen LogP contribution < -0.4 is 14.8 Å². The lowest BCUT2D eigenvalue weighted by atomic mass is 10.0. The van der Waals surface area contributed by atoms with Crippen LogP contribution in [0.5, 0.6) is 11.5 Å². The number of ether oxygens (including phenoxy) is 2. The van der Waals surface area contributed by atoms with Crippen molar-refractivity contribution < 1.29 is 14.3 Å². The van der Waals surface area contributed by atoms with Crippen molar-refractivity contribution in [1.82, 2.24) is 5.32 Å². The molecule has 0 saturated carbocycles. The van der Waals surface area contributed by atoms with Gasteiger partial charge in [-0.15, -0.1) is 0 Å². The molecule has 3 aromatic carbocycles. The van der Waals surface area contributed by atoms with Crippen molar-refractivity contribution in [1.29, 1.82) is 5.41 Å². The summed E-state index contributed by atoms with van der Waals surface area (Å²) in [5.41, 5.74) is 3.40. The molecule has 0 unspecified atom stereocenters. The molecule has 0 atom stereocenters. The number of allylic oxidation sites excluding steroid dienone is 2. The molecule has 180 valence electrons. The molecule has 0 aliphatic heterocycles. The highest BCUT2D eigenvalue weighted by Gasteiger charge is 2.14. The highest BCUT2D eigenvalue weighted by molar-refractivity contribution is 6.13. The van der Waals surface area contributed by atoms with Crippen molar-refractivity contribution in [2.75, 3.05) is 14.2 Å². The van der Waals surface area contributed by atoms with Crippen LogP contribution in [-0.2, 0) is 0 Å². The number of amidine groups is 1. The molecular formula is C29H31N3O3. The number of hydrogen-bond acceptors (Lipinski definition) is 5. The van der Waals surface area contributed by atoms with E-state index in [9.17, 15) is 4.79 Å². The minimum absolute atomic E-state index is 0.0957. The number of benzene rings is 3. The first-order chi connectivity index (χ1) is 16.9. The lowest BCUT2D eigenvalue weighted by Gasteiger charge is -2.17. The zero-order valence-electron chi connectivity index (χ0n) is 20.5. The van der Waals surface area contributed by atoms with E-state index in [0.29, 0.717) is 40.5 Å². The van der Waals surface area contributed by atoms with Crippen molar-refractivity contribution in [2.24, 2.45) is 4.99 Å². The van der Waals surface area contributed by atoms with Gasteiger partial charge in [-0.2, -0.15) is 0 Å². The standard InChI is InChI=1S/C29H31N3O3/c1-20(2)31-24(19-28(33)21-10-6-5-7-11-21)18-27(22-12-8-14-25(16-22)34-3)32-29(30)23-13-9-15-26(17-23)35-4/h5-17,19-20,30-31H,18H2,1-4H3/b24-19-,30-29?,32-27?. The first-order valence-electron chi connectivity index (χ1n) is 11.4. The molecule has 0 aliphatic rings. The second kappa shape index (κ2) is 12.3. The van der Waals surface area contributed by atoms with Crippen molar-refractivity contribution in [2.45, 2.75) is 26.3 Å². The van der Waals surface area contributed by atoms with E-state index in [4.69, 9.17) is 19.9 Å². The Morgan fingerprint density at radius 1 is 0.886 bits per heavy atom. The smallest absolute Gasteiger partial charge is 0.187 e. The van der Waals surface area contributed by atoms with Gasteiger partial charge in [0.05, 0.1) is 19.9 Å². The molecule has 0 fully saturated rings. The van der Waals surface area contributed by atoms with Gasteiger partial charge in [-0.25, -0.2) is 4.99 Å². The number of carbonyl (C=O) groups excluding carboxylic acids is 1. The Bertz CT molecular complexity index is 1230. The summed E-state index contributed by atoms with van der Waals surface area (Å²) in [6.45, 7) is 4.03. The molecule has 0 aromatic heterocycles. The van der Waals surface area contributed by atoms with Crippen LogP contribution in [-0.4, -0.2) is 37.6 Å². The largest absolute Gasteiger partial charge is 0.497 e. The fourth-order valence-electron chi connectivity index (χ4n) is 3.52. The summed E-state index contributed by atoms with van der Waals surface area (Å²) in [6.07, 6.45) is 1.94. The number of methoxy groups -OCH3 is 2. The number of ketones is 1. The van der Waals surface area contributed by atoms with E-state index in [0.717, 1.165) is 5.56 Å². The Kier molecular flexibility index (Phi) is 8.95. The fraction of sp³-hybridized carbons (Fsp3) is 0.207. The van der Waals surface area contributed by atoms with E-state index >= 15 is 0 Å². The van der Waals surface area contributed by atoms with Crippen LogP contribution in [0.2, 0.25) is 0 Å². The average molecular weight is 470 g/mol. The van der Waals surface area contributed by atoms with Crippen LogP contribution in [0.4, 0.5) is 0 Å². The van der Waals surface area contributed by atoms with Gasteiger partial charge in [0.15, 0.2) is 11.6 Å². The second-order valence-electron chi connectivity index (χ2n) is 8.25. The van der Waals surface area contributed by atoms with Gasteiger partial charge in [0.25, 0.3) is 0 Å². The number of rotatable bonds is 10. The summed E-state index contributed by atoms with van der Waals surface area (Å²) in [5, 5.41) is 12.0. The van der Waals surface area contributed by atoms with Crippen LogP contribution in [0.25, 0.3) is 0 Å². The quantitative estimate of drug-likeness (QED) is 0.173. The third kappa shape index (κ3) is 7.40. The summed E-state index contributed by atoms with van der Waals surface area (Å²) < 4.78 is 10.7. The van der Waals surface area contributed by atoms with Crippen LogP contribution in [0, 0.1) is 5.41 Å². The number of nitrogens with zero attached hydrogens (tertiary/aromatic N) is 1.